The molecular weight excluding hydrogens is 426 g/mol. The van der Waals surface area contributed by atoms with Crippen LogP contribution >= 0.6 is 0 Å². The van der Waals surface area contributed by atoms with Gasteiger partial charge in [0.2, 0.25) is 5.91 Å². The molecule has 2 heterocycles. The zero-order valence-corrected chi connectivity index (χ0v) is 20.3. The van der Waals surface area contributed by atoms with E-state index in [-0.39, 0.29) is 17.9 Å². The Morgan fingerprint density at radius 2 is 1.82 bits per heavy atom. The smallest absolute Gasteiger partial charge is 0.271 e. The van der Waals surface area contributed by atoms with Gasteiger partial charge < -0.3 is 19.5 Å². The van der Waals surface area contributed by atoms with E-state index in [2.05, 4.69) is 5.32 Å². The molecule has 1 unspecified atom stereocenters. The van der Waals surface area contributed by atoms with Crippen LogP contribution in [0.2, 0.25) is 0 Å². The van der Waals surface area contributed by atoms with Gasteiger partial charge in [0, 0.05) is 24.0 Å². The fraction of sp³-hybridized carbons (Fsp3) is 0.429. The van der Waals surface area contributed by atoms with Crippen molar-refractivity contribution in [3.05, 3.63) is 65.4 Å². The highest BCUT2D eigenvalue weighted by Crippen LogP contribution is 2.35. The molecule has 1 saturated carbocycles. The fourth-order valence-corrected chi connectivity index (χ4v) is 5.37. The van der Waals surface area contributed by atoms with Gasteiger partial charge in [-0.3, -0.25) is 9.59 Å². The van der Waals surface area contributed by atoms with Crippen molar-refractivity contribution in [2.24, 2.45) is 0 Å². The third kappa shape index (κ3) is 3.95. The number of ether oxygens (including phenoxy) is 1. The standard InChI is InChI=1S/C28H33N3O3/c1-19-9-11-20(12-10-19)17-31-26(32)25-15-21-13-14-23(34-3)16-24(21)30(25)18-28(31,2)27(33)29-22-7-5-4-6-8-22/h9-16,22H,4-8,17-18H2,1-3H3,(H,29,33). The molecule has 5 rings (SSSR count). The molecule has 2 amide bonds. The van der Waals surface area contributed by atoms with Gasteiger partial charge >= 0.3 is 0 Å². The monoisotopic (exact) mass is 459 g/mol. The summed E-state index contributed by atoms with van der Waals surface area (Å²) in [5.41, 5.74) is 2.69. The predicted octanol–water partition coefficient (Wildman–Crippen LogP) is 4.82. The Kier molecular flexibility index (Phi) is 5.84. The molecule has 1 atom stereocenters. The molecule has 0 bridgehead atoms. The van der Waals surface area contributed by atoms with Gasteiger partial charge in [0.05, 0.1) is 19.2 Å². The van der Waals surface area contributed by atoms with E-state index >= 15 is 0 Å². The summed E-state index contributed by atoms with van der Waals surface area (Å²) in [7, 11) is 1.64. The van der Waals surface area contributed by atoms with Crippen LogP contribution < -0.4 is 10.1 Å². The molecule has 1 N–H and O–H groups in total. The van der Waals surface area contributed by atoms with Crippen molar-refractivity contribution in [1.29, 1.82) is 0 Å². The van der Waals surface area contributed by atoms with Crippen molar-refractivity contribution >= 4 is 22.7 Å². The Balaban J connectivity index is 1.56. The Morgan fingerprint density at radius 1 is 1.09 bits per heavy atom. The van der Waals surface area contributed by atoms with Gasteiger partial charge in [-0.1, -0.05) is 49.1 Å². The lowest BCUT2D eigenvalue weighted by molar-refractivity contribution is -0.134. The lowest BCUT2D eigenvalue weighted by Gasteiger charge is -2.45. The summed E-state index contributed by atoms with van der Waals surface area (Å²) in [6.07, 6.45) is 5.51. The third-order valence-corrected chi connectivity index (χ3v) is 7.53. The van der Waals surface area contributed by atoms with Crippen molar-refractivity contribution < 1.29 is 14.3 Å². The first-order chi connectivity index (χ1) is 16.4. The van der Waals surface area contributed by atoms with Crippen molar-refractivity contribution in [3.63, 3.8) is 0 Å². The number of aryl methyl sites for hydroxylation is 1. The highest BCUT2D eigenvalue weighted by molar-refractivity contribution is 6.03. The van der Waals surface area contributed by atoms with Crippen LogP contribution in [0, 0.1) is 6.92 Å². The lowest BCUT2D eigenvalue weighted by atomic mass is 9.91. The van der Waals surface area contributed by atoms with Crippen LogP contribution in [-0.2, 0) is 17.9 Å². The summed E-state index contributed by atoms with van der Waals surface area (Å²) >= 11 is 0. The molecule has 178 valence electrons. The predicted molar refractivity (Wildman–Crippen MR) is 133 cm³/mol. The summed E-state index contributed by atoms with van der Waals surface area (Å²) in [6.45, 7) is 4.74. The number of amides is 2. The van der Waals surface area contributed by atoms with Gasteiger partial charge in [0.15, 0.2) is 0 Å². The first kappa shape index (κ1) is 22.5. The van der Waals surface area contributed by atoms with E-state index in [0.29, 0.717) is 18.8 Å². The summed E-state index contributed by atoms with van der Waals surface area (Å²) < 4.78 is 7.42. The van der Waals surface area contributed by atoms with Gasteiger partial charge in [0.25, 0.3) is 5.91 Å². The Morgan fingerprint density at radius 3 is 2.53 bits per heavy atom. The van der Waals surface area contributed by atoms with Crippen LogP contribution in [0.1, 0.15) is 60.6 Å². The summed E-state index contributed by atoms with van der Waals surface area (Å²) in [5.74, 6) is 0.537. The molecule has 1 aliphatic carbocycles. The van der Waals surface area contributed by atoms with Gasteiger partial charge in [-0.25, -0.2) is 0 Å². The molecule has 1 fully saturated rings. The highest BCUT2D eigenvalue weighted by atomic mass is 16.5. The molecule has 6 nitrogen and oxygen atoms in total. The highest BCUT2D eigenvalue weighted by Gasteiger charge is 2.48. The minimum atomic E-state index is -1.01. The zero-order valence-electron chi connectivity index (χ0n) is 20.3. The topological polar surface area (TPSA) is 63.6 Å². The molecule has 2 aliphatic rings. The second-order valence-corrected chi connectivity index (χ2v) is 10.00. The second kappa shape index (κ2) is 8.82. The van der Waals surface area contributed by atoms with E-state index in [4.69, 9.17) is 4.74 Å². The number of carbonyl (C=O) groups excluding carboxylic acids is 2. The van der Waals surface area contributed by atoms with Crippen molar-refractivity contribution in [2.45, 2.75) is 70.6 Å². The molecule has 34 heavy (non-hydrogen) atoms. The number of hydrogen-bond donors (Lipinski definition) is 1. The molecule has 0 spiro atoms. The van der Waals surface area contributed by atoms with E-state index in [9.17, 15) is 9.59 Å². The van der Waals surface area contributed by atoms with E-state index in [1.165, 1.54) is 12.0 Å². The SMILES string of the molecule is COc1ccc2cc3n(c2c1)CC(C)(C(=O)NC1CCCCC1)N(Cc1ccc(C)cc1)C3=O. The quantitative estimate of drug-likeness (QED) is 0.595. The number of carbonyl (C=O) groups is 2. The summed E-state index contributed by atoms with van der Waals surface area (Å²) in [4.78, 5) is 29.5. The molecule has 3 aromatic rings. The van der Waals surface area contributed by atoms with Crippen LogP contribution in [0.15, 0.2) is 48.5 Å². The third-order valence-electron chi connectivity index (χ3n) is 7.53. The van der Waals surface area contributed by atoms with E-state index in [0.717, 1.165) is 47.9 Å². The number of nitrogens with zero attached hydrogens (tertiary/aromatic N) is 2. The van der Waals surface area contributed by atoms with Crippen LogP contribution in [0.3, 0.4) is 0 Å². The number of aromatic nitrogens is 1. The van der Waals surface area contributed by atoms with Crippen molar-refractivity contribution in [1.82, 2.24) is 14.8 Å². The first-order valence-corrected chi connectivity index (χ1v) is 12.2. The fourth-order valence-electron chi connectivity index (χ4n) is 5.37. The average Bonchev–Trinajstić information content (AvgIpc) is 3.21. The minimum absolute atomic E-state index is 0.0738. The number of benzene rings is 2. The van der Waals surface area contributed by atoms with Gasteiger partial charge in [-0.2, -0.15) is 0 Å². The van der Waals surface area contributed by atoms with Crippen LogP contribution in [-0.4, -0.2) is 40.0 Å². The summed E-state index contributed by atoms with van der Waals surface area (Å²) in [5, 5.41) is 4.27. The average molecular weight is 460 g/mol. The van der Waals surface area contributed by atoms with Crippen LogP contribution in [0.4, 0.5) is 0 Å². The van der Waals surface area contributed by atoms with Gasteiger partial charge in [0.1, 0.15) is 17.0 Å². The number of fused-ring (bicyclic) bond motifs is 3. The number of hydrogen-bond acceptors (Lipinski definition) is 3. The van der Waals surface area contributed by atoms with E-state index in [1.807, 2.05) is 66.9 Å². The number of methoxy groups -OCH3 is 1. The molecule has 1 aliphatic heterocycles. The second-order valence-electron chi connectivity index (χ2n) is 10.00. The molecule has 6 heteroatoms. The first-order valence-electron chi connectivity index (χ1n) is 12.2. The van der Waals surface area contributed by atoms with E-state index in [1.54, 1.807) is 12.0 Å². The number of rotatable bonds is 5. The van der Waals surface area contributed by atoms with Crippen LogP contribution in [0.25, 0.3) is 10.9 Å². The minimum Gasteiger partial charge on any atom is -0.497 e. The molecular formula is C28H33N3O3. The largest absolute Gasteiger partial charge is 0.497 e. The van der Waals surface area contributed by atoms with Crippen molar-refractivity contribution in [2.75, 3.05) is 7.11 Å². The normalized spacial score (nSPS) is 20.9. The van der Waals surface area contributed by atoms with Gasteiger partial charge in [-0.05, 0) is 50.5 Å². The summed E-state index contributed by atoms with van der Waals surface area (Å²) in [6, 6.07) is 16.1. The molecule has 0 radical (unpaired) electrons. The maximum atomic E-state index is 13.9. The molecule has 0 saturated heterocycles. The Labute approximate surface area is 200 Å². The Hall–Kier alpha value is -3.28. The maximum Gasteiger partial charge on any atom is 0.271 e. The molecule has 2 aromatic carbocycles. The maximum absolute atomic E-state index is 13.9. The van der Waals surface area contributed by atoms with Crippen molar-refractivity contribution in [3.8, 4) is 5.75 Å². The van der Waals surface area contributed by atoms with Gasteiger partial charge in [-0.15, -0.1) is 0 Å². The lowest BCUT2D eigenvalue weighted by Crippen LogP contribution is -2.64. The Bertz CT molecular complexity index is 1220. The molecule has 1 aromatic heterocycles. The number of nitrogens with one attached hydrogen (secondary N) is 1. The van der Waals surface area contributed by atoms with Crippen LogP contribution in [0.5, 0.6) is 5.75 Å². The zero-order chi connectivity index (χ0) is 23.9. The van der Waals surface area contributed by atoms with E-state index < -0.39 is 5.54 Å².